The maximum atomic E-state index is 13.1. The van der Waals surface area contributed by atoms with E-state index in [2.05, 4.69) is 10.6 Å². The first kappa shape index (κ1) is 20.6. The number of hydrogen-bond donors (Lipinski definition) is 2. The molecule has 2 saturated carbocycles. The molecule has 2 aromatic rings. The zero-order chi connectivity index (χ0) is 20.8. The van der Waals surface area contributed by atoms with Gasteiger partial charge in [0.2, 0.25) is 11.8 Å². The molecule has 2 fully saturated rings. The third-order valence-electron chi connectivity index (χ3n) is 6.70. The summed E-state index contributed by atoms with van der Waals surface area (Å²) < 4.78 is 0. The van der Waals surface area contributed by atoms with E-state index in [-0.39, 0.29) is 35.7 Å². The monoisotopic (exact) mass is 404 g/mol. The molecule has 0 aromatic heterocycles. The molecule has 0 spiro atoms. The van der Waals surface area contributed by atoms with E-state index in [1.165, 1.54) is 0 Å². The van der Waals surface area contributed by atoms with Crippen LogP contribution in [0.5, 0.6) is 0 Å². The van der Waals surface area contributed by atoms with Crippen LogP contribution in [0.3, 0.4) is 0 Å². The second kappa shape index (κ2) is 9.92. The summed E-state index contributed by atoms with van der Waals surface area (Å²) in [5, 5.41) is 6.63. The molecule has 2 aliphatic rings. The van der Waals surface area contributed by atoms with Crippen molar-refractivity contribution in [2.45, 2.75) is 63.5 Å². The Balaban J connectivity index is 1.64. The van der Waals surface area contributed by atoms with Crippen molar-refractivity contribution in [1.29, 1.82) is 0 Å². The van der Waals surface area contributed by atoms with E-state index < -0.39 is 0 Å². The van der Waals surface area contributed by atoms with Crippen molar-refractivity contribution in [3.8, 4) is 0 Å². The summed E-state index contributed by atoms with van der Waals surface area (Å²) in [5.41, 5.74) is 2.04. The molecule has 158 valence electrons. The van der Waals surface area contributed by atoms with Crippen molar-refractivity contribution in [1.82, 2.24) is 10.6 Å². The summed E-state index contributed by atoms with van der Waals surface area (Å²) in [6.45, 7) is 0. The molecule has 0 radical (unpaired) electrons. The van der Waals surface area contributed by atoms with Crippen LogP contribution in [0, 0.1) is 11.8 Å². The molecule has 2 atom stereocenters. The van der Waals surface area contributed by atoms with E-state index in [1.807, 2.05) is 60.7 Å². The molecule has 0 bridgehead atoms. The Labute approximate surface area is 179 Å². The van der Waals surface area contributed by atoms with Gasteiger partial charge in [0.1, 0.15) is 0 Å². The van der Waals surface area contributed by atoms with Gasteiger partial charge in [-0.15, -0.1) is 0 Å². The molecule has 30 heavy (non-hydrogen) atoms. The van der Waals surface area contributed by atoms with Crippen LogP contribution in [0.1, 0.15) is 74.6 Å². The SMILES string of the molecule is O=C(NC(c1ccccc1)C(NC(=O)C1CCCC1)c1ccccc1)C1CCCC1. The largest absolute Gasteiger partial charge is 0.347 e. The minimum absolute atomic E-state index is 0.0816. The van der Waals surface area contributed by atoms with E-state index in [9.17, 15) is 9.59 Å². The number of nitrogens with one attached hydrogen (secondary N) is 2. The fourth-order valence-electron chi connectivity index (χ4n) is 4.96. The van der Waals surface area contributed by atoms with Crippen LogP contribution in [0.2, 0.25) is 0 Å². The van der Waals surface area contributed by atoms with Crippen LogP contribution < -0.4 is 10.6 Å². The molecule has 4 rings (SSSR count). The highest BCUT2D eigenvalue weighted by molar-refractivity contribution is 5.81. The predicted octanol–water partition coefficient (Wildman–Crippen LogP) is 5.08. The van der Waals surface area contributed by atoms with Gasteiger partial charge < -0.3 is 10.6 Å². The molecular formula is C26H32N2O2. The lowest BCUT2D eigenvalue weighted by molar-refractivity contribution is -0.128. The Morgan fingerprint density at radius 1 is 0.600 bits per heavy atom. The van der Waals surface area contributed by atoms with Crippen LogP contribution in [-0.2, 0) is 9.59 Å². The third kappa shape index (κ3) is 4.92. The van der Waals surface area contributed by atoms with E-state index in [0.29, 0.717) is 0 Å². The zero-order valence-electron chi connectivity index (χ0n) is 17.6. The van der Waals surface area contributed by atoms with Gasteiger partial charge in [0.05, 0.1) is 12.1 Å². The van der Waals surface area contributed by atoms with Crippen molar-refractivity contribution >= 4 is 11.8 Å². The van der Waals surface area contributed by atoms with Gasteiger partial charge in [0, 0.05) is 11.8 Å². The third-order valence-corrected chi connectivity index (χ3v) is 6.70. The van der Waals surface area contributed by atoms with Crippen LogP contribution in [-0.4, -0.2) is 11.8 Å². The van der Waals surface area contributed by atoms with E-state index >= 15 is 0 Å². The summed E-state index contributed by atoms with van der Waals surface area (Å²) in [4.78, 5) is 26.2. The minimum atomic E-state index is -0.299. The maximum absolute atomic E-state index is 13.1. The average molecular weight is 405 g/mol. The second-order valence-corrected chi connectivity index (χ2v) is 8.76. The standard InChI is InChI=1S/C26H32N2O2/c29-25(21-15-7-8-16-21)27-23(19-11-3-1-4-12-19)24(20-13-5-2-6-14-20)28-26(30)22-17-9-10-18-22/h1-6,11-14,21-24H,7-10,15-18H2,(H,27,29)(H,28,30). The van der Waals surface area contributed by atoms with Crippen molar-refractivity contribution in [3.63, 3.8) is 0 Å². The van der Waals surface area contributed by atoms with E-state index in [4.69, 9.17) is 0 Å². The summed E-state index contributed by atoms with van der Waals surface area (Å²) in [7, 11) is 0. The van der Waals surface area contributed by atoms with Crippen molar-refractivity contribution in [2.75, 3.05) is 0 Å². The van der Waals surface area contributed by atoms with Gasteiger partial charge in [0.25, 0.3) is 0 Å². The topological polar surface area (TPSA) is 58.2 Å². The highest BCUT2D eigenvalue weighted by Gasteiger charge is 2.33. The van der Waals surface area contributed by atoms with Crippen LogP contribution in [0.4, 0.5) is 0 Å². The van der Waals surface area contributed by atoms with Gasteiger partial charge in [0.15, 0.2) is 0 Å². The van der Waals surface area contributed by atoms with Gasteiger partial charge in [-0.3, -0.25) is 9.59 Å². The number of carbonyl (C=O) groups excluding carboxylic acids is 2. The number of amides is 2. The van der Waals surface area contributed by atoms with Gasteiger partial charge in [-0.25, -0.2) is 0 Å². The molecule has 0 aliphatic heterocycles. The first-order valence-corrected chi connectivity index (χ1v) is 11.4. The molecule has 2 N–H and O–H groups in total. The number of benzene rings is 2. The number of rotatable bonds is 7. The van der Waals surface area contributed by atoms with Crippen LogP contribution in [0.25, 0.3) is 0 Å². The highest BCUT2D eigenvalue weighted by Crippen LogP contribution is 2.33. The molecule has 0 saturated heterocycles. The Hall–Kier alpha value is -2.62. The lowest BCUT2D eigenvalue weighted by atomic mass is 9.91. The van der Waals surface area contributed by atoms with E-state index in [0.717, 1.165) is 62.5 Å². The van der Waals surface area contributed by atoms with Gasteiger partial charge in [-0.05, 0) is 36.8 Å². The maximum Gasteiger partial charge on any atom is 0.223 e. The fourth-order valence-corrected chi connectivity index (χ4v) is 4.96. The van der Waals surface area contributed by atoms with Crippen molar-refractivity contribution < 1.29 is 9.59 Å². The van der Waals surface area contributed by atoms with Gasteiger partial charge in [-0.1, -0.05) is 86.3 Å². The summed E-state index contributed by atoms with van der Waals surface area (Å²) in [6.07, 6.45) is 8.30. The van der Waals surface area contributed by atoms with E-state index in [1.54, 1.807) is 0 Å². The summed E-state index contributed by atoms with van der Waals surface area (Å²) in [5.74, 6) is 0.381. The van der Waals surface area contributed by atoms with Gasteiger partial charge in [-0.2, -0.15) is 0 Å². The lowest BCUT2D eigenvalue weighted by Crippen LogP contribution is -2.43. The molecule has 2 amide bonds. The van der Waals surface area contributed by atoms with Crippen LogP contribution in [0.15, 0.2) is 60.7 Å². The predicted molar refractivity (Wildman–Crippen MR) is 119 cm³/mol. The van der Waals surface area contributed by atoms with Crippen molar-refractivity contribution in [3.05, 3.63) is 71.8 Å². The fraction of sp³-hybridized carbons (Fsp3) is 0.462. The van der Waals surface area contributed by atoms with Crippen molar-refractivity contribution in [2.24, 2.45) is 11.8 Å². The Kier molecular flexibility index (Phi) is 6.83. The Bertz CT molecular complexity index is 753. The smallest absolute Gasteiger partial charge is 0.223 e. The zero-order valence-corrected chi connectivity index (χ0v) is 17.6. The highest BCUT2D eigenvalue weighted by atomic mass is 16.2. The first-order valence-electron chi connectivity index (χ1n) is 11.4. The lowest BCUT2D eigenvalue weighted by Gasteiger charge is -2.31. The normalized spacial score (nSPS) is 19.3. The summed E-state index contributed by atoms with van der Waals surface area (Å²) >= 11 is 0. The number of hydrogen-bond acceptors (Lipinski definition) is 2. The molecule has 4 heteroatoms. The van der Waals surface area contributed by atoms with Crippen LogP contribution >= 0.6 is 0 Å². The summed E-state index contributed by atoms with van der Waals surface area (Å²) in [6, 6.07) is 19.5. The molecule has 0 heterocycles. The van der Waals surface area contributed by atoms with Gasteiger partial charge >= 0.3 is 0 Å². The Morgan fingerprint density at radius 3 is 1.27 bits per heavy atom. The Morgan fingerprint density at radius 2 is 0.933 bits per heavy atom. The molecule has 2 aliphatic carbocycles. The second-order valence-electron chi connectivity index (χ2n) is 8.76. The first-order chi connectivity index (χ1) is 14.7. The molecule has 2 unspecified atom stereocenters. The molecule has 4 nitrogen and oxygen atoms in total. The quantitative estimate of drug-likeness (QED) is 0.676. The minimum Gasteiger partial charge on any atom is -0.347 e. The number of carbonyl (C=O) groups is 2. The molecule has 2 aromatic carbocycles. The molecular weight excluding hydrogens is 372 g/mol. The average Bonchev–Trinajstić information content (AvgIpc) is 3.52.